The topological polar surface area (TPSA) is 62.4 Å². The van der Waals surface area contributed by atoms with Gasteiger partial charge in [0.05, 0.1) is 12.6 Å². The standard InChI is InChI=1S/C12H19N3O2/c1-8(16)10-4-5-15(6-10)7-11-13-14-12(17-11)9-2-3-9/h8-10,16H,2-7H2,1H3. The molecule has 0 aromatic carbocycles. The highest BCUT2D eigenvalue weighted by molar-refractivity contribution is 5.00. The van der Waals surface area contributed by atoms with E-state index in [-0.39, 0.29) is 6.10 Å². The first kappa shape index (κ1) is 11.2. The molecular weight excluding hydrogens is 218 g/mol. The SMILES string of the molecule is CC(O)C1CCN(Cc2nnc(C3CC3)o2)C1. The number of nitrogens with zero attached hydrogens (tertiary/aromatic N) is 3. The lowest BCUT2D eigenvalue weighted by Crippen LogP contribution is -2.24. The van der Waals surface area contributed by atoms with Crippen LogP contribution in [-0.2, 0) is 6.54 Å². The van der Waals surface area contributed by atoms with Crippen molar-refractivity contribution in [1.82, 2.24) is 15.1 Å². The van der Waals surface area contributed by atoms with Crippen LogP contribution >= 0.6 is 0 Å². The summed E-state index contributed by atoms with van der Waals surface area (Å²) in [5, 5.41) is 17.7. The highest BCUT2D eigenvalue weighted by Crippen LogP contribution is 2.39. The van der Waals surface area contributed by atoms with E-state index >= 15 is 0 Å². The lowest BCUT2D eigenvalue weighted by Gasteiger charge is -2.15. The summed E-state index contributed by atoms with van der Waals surface area (Å²) >= 11 is 0. The third-order valence-electron chi connectivity index (χ3n) is 3.76. The van der Waals surface area contributed by atoms with Gasteiger partial charge in [0.25, 0.3) is 0 Å². The molecule has 0 radical (unpaired) electrons. The van der Waals surface area contributed by atoms with E-state index in [1.54, 1.807) is 0 Å². The molecule has 0 bridgehead atoms. The summed E-state index contributed by atoms with van der Waals surface area (Å²) in [6, 6.07) is 0. The zero-order valence-corrected chi connectivity index (χ0v) is 10.2. The molecule has 1 aromatic rings. The fourth-order valence-electron chi connectivity index (χ4n) is 2.42. The molecule has 2 fully saturated rings. The fraction of sp³-hybridized carbons (Fsp3) is 0.833. The van der Waals surface area contributed by atoms with E-state index in [1.807, 2.05) is 6.92 Å². The van der Waals surface area contributed by atoms with Crippen molar-refractivity contribution in [2.75, 3.05) is 13.1 Å². The molecule has 5 nitrogen and oxygen atoms in total. The van der Waals surface area contributed by atoms with Crippen molar-refractivity contribution >= 4 is 0 Å². The van der Waals surface area contributed by atoms with Crippen LogP contribution in [0.15, 0.2) is 4.42 Å². The quantitative estimate of drug-likeness (QED) is 0.851. The highest BCUT2D eigenvalue weighted by Gasteiger charge is 2.30. The molecule has 1 aromatic heterocycles. The van der Waals surface area contributed by atoms with E-state index in [1.165, 1.54) is 12.8 Å². The van der Waals surface area contributed by atoms with Gasteiger partial charge < -0.3 is 9.52 Å². The molecule has 5 heteroatoms. The number of rotatable bonds is 4. The summed E-state index contributed by atoms with van der Waals surface area (Å²) in [7, 11) is 0. The Morgan fingerprint density at radius 3 is 2.88 bits per heavy atom. The first-order valence-electron chi connectivity index (χ1n) is 6.45. The molecule has 94 valence electrons. The maximum absolute atomic E-state index is 9.54. The van der Waals surface area contributed by atoms with Crippen LogP contribution in [0.5, 0.6) is 0 Å². The van der Waals surface area contributed by atoms with Gasteiger partial charge in [0.1, 0.15) is 0 Å². The summed E-state index contributed by atoms with van der Waals surface area (Å²) in [4.78, 5) is 2.28. The van der Waals surface area contributed by atoms with E-state index in [4.69, 9.17) is 4.42 Å². The lowest BCUT2D eigenvalue weighted by atomic mass is 10.0. The molecule has 1 saturated carbocycles. The Morgan fingerprint density at radius 1 is 1.41 bits per heavy atom. The van der Waals surface area contributed by atoms with Crippen LogP contribution in [-0.4, -0.2) is 39.4 Å². The van der Waals surface area contributed by atoms with E-state index in [9.17, 15) is 5.11 Å². The number of hydrogen-bond donors (Lipinski definition) is 1. The Labute approximate surface area is 101 Å². The predicted octanol–water partition coefficient (Wildman–Crippen LogP) is 1.15. The second-order valence-electron chi connectivity index (χ2n) is 5.33. The maximum Gasteiger partial charge on any atom is 0.230 e. The molecule has 17 heavy (non-hydrogen) atoms. The van der Waals surface area contributed by atoms with Gasteiger partial charge in [0.15, 0.2) is 0 Å². The number of hydrogen-bond acceptors (Lipinski definition) is 5. The number of aliphatic hydroxyl groups excluding tert-OH is 1. The minimum atomic E-state index is -0.218. The monoisotopic (exact) mass is 237 g/mol. The van der Waals surface area contributed by atoms with Gasteiger partial charge in [-0.15, -0.1) is 10.2 Å². The van der Waals surface area contributed by atoms with Crippen molar-refractivity contribution in [3.05, 3.63) is 11.8 Å². The minimum absolute atomic E-state index is 0.218. The van der Waals surface area contributed by atoms with Crippen LogP contribution in [0.3, 0.4) is 0 Å². The van der Waals surface area contributed by atoms with Gasteiger partial charge in [-0.25, -0.2) is 0 Å². The Morgan fingerprint density at radius 2 is 2.24 bits per heavy atom. The van der Waals surface area contributed by atoms with Crippen molar-refractivity contribution in [3.63, 3.8) is 0 Å². The van der Waals surface area contributed by atoms with Crippen molar-refractivity contribution in [3.8, 4) is 0 Å². The van der Waals surface area contributed by atoms with Gasteiger partial charge in [0, 0.05) is 12.5 Å². The van der Waals surface area contributed by atoms with E-state index in [0.29, 0.717) is 11.8 Å². The Hall–Kier alpha value is -0.940. The van der Waals surface area contributed by atoms with Crippen molar-refractivity contribution in [1.29, 1.82) is 0 Å². The summed E-state index contributed by atoms with van der Waals surface area (Å²) < 4.78 is 5.64. The molecule has 2 unspecified atom stereocenters. The smallest absolute Gasteiger partial charge is 0.230 e. The van der Waals surface area contributed by atoms with Crippen LogP contribution in [0.4, 0.5) is 0 Å². The van der Waals surface area contributed by atoms with Crippen LogP contribution in [0, 0.1) is 5.92 Å². The normalized spacial score (nSPS) is 27.5. The molecule has 0 amide bonds. The van der Waals surface area contributed by atoms with Crippen LogP contribution < -0.4 is 0 Å². The molecule has 1 saturated heterocycles. The first-order valence-corrected chi connectivity index (χ1v) is 6.45. The van der Waals surface area contributed by atoms with Gasteiger partial charge >= 0.3 is 0 Å². The second kappa shape index (κ2) is 4.38. The van der Waals surface area contributed by atoms with Gasteiger partial charge in [0.2, 0.25) is 11.8 Å². The highest BCUT2D eigenvalue weighted by atomic mass is 16.4. The molecule has 3 rings (SSSR count). The van der Waals surface area contributed by atoms with Crippen molar-refractivity contribution < 1.29 is 9.52 Å². The van der Waals surface area contributed by atoms with Crippen LogP contribution in [0.2, 0.25) is 0 Å². The van der Waals surface area contributed by atoms with Gasteiger partial charge in [-0.1, -0.05) is 0 Å². The molecular formula is C12H19N3O2. The summed E-state index contributed by atoms with van der Waals surface area (Å²) in [6.45, 7) is 4.53. The number of aliphatic hydroxyl groups is 1. The zero-order chi connectivity index (χ0) is 11.8. The Kier molecular flexibility index (Phi) is 2.88. The predicted molar refractivity (Wildman–Crippen MR) is 61.3 cm³/mol. The second-order valence-corrected chi connectivity index (χ2v) is 5.33. The zero-order valence-electron chi connectivity index (χ0n) is 10.2. The summed E-state index contributed by atoms with van der Waals surface area (Å²) in [5.41, 5.74) is 0. The molecule has 1 aliphatic carbocycles. The van der Waals surface area contributed by atoms with E-state index in [0.717, 1.165) is 37.8 Å². The molecule has 0 spiro atoms. The van der Waals surface area contributed by atoms with Crippen molar-refractivity contribution in [2.24, 2.45) is 5.92 Å². The molecule has 1 N–H and O–H groups in total. The van der Waals surface area contributed by atoms with Crippen LogP contribution in [0.1, 0.15) is 43.9 Å². The lowest BCUT2D eigenvalue weighted by molar-refractivity contribution is 0.126. The molecule has 2 aliphatic rings. The van der Waals surface area contributed by atoms with E-state index in [2.05, 4.69) is 15.1 Å². The van der Waals surface area contributed by atoms with Gasteiger partial charge in [-0.2, -0.15) is 0 Å². The fourth-order valence-corrected chi connectivity index (χ4v) is 2.42. The minimum Gasteiger partial charge on any atom is -0.424 e. The summed E-state index contributed by atoms with van der Waals surface area (Å²) in [6.07, 6.45) is 3.22. The maximum atomic E-state index is 9.54. The number of aromatic nitrogens is 2. The summed E-state index contributed by atoms with van der Waals surface area (Å²) in [5.74, 6) is 2.45. The molecule has 2 heterocycles. The third-order valence-corrected chi connectivity index (χ3v) is 3.76. The average Bonchev–Trinajstić information content (AvgIpc) is 2.87. The van der Waals surface area contributed by atoms with Crippen molar-refractivity contribution in [2.45, 2.75) is 44.8 Å². The van der Waals surface area contributed by atoms with Crippen LogP contribution in [0.25, 0.3) is 0 Å². The number of likely N-dealkylation sites (tertiary alicyclic amines) is 1. The van der Waals surface area contributed by atoms with Gasteiger partial charge in [-0.3, -0.25) is 4.90 Å². The van der Waals surface area contributed by atoms with E-state index < -0.39 is 0 Å². The third kappa shape index (κ3) is 2.50. The first-order chi connectivity index (χ1) is 8.22. The molecule has 2 atom stereocenters. The van der Waals surface area contributed by atoms with Gasteiger partial charge in [-0.05, 0) is 38.6 Å². The average molecular weight is 237 g/mol. The molecule has 1 aliphatic heterocycles. The largest absolute Gasteiger partial charge is 0.424 e. The Bertz CT molecular complexity index is 387. The Balaban J connectivity index is 1.56.